The van der Waals surface area contributed by atoms with Gasteiger partial charge in [-0.25, -0.2) is 4.98 Å². The Morgan fingerprint density at radius 1 is 1.32 bits per heavy atom. The van der Waals surface area contributed by atoms with Crippen molar-refractivity contribution in [3.63, 3.8) is 0 Å². The molecule has 1 aromatic carbocycles. The van der Waals surface area contributed by atoms with E-state index in [0.717, 1.165) is 24.2 Å². The molecule has 1 saturated carbocycles. The summed E-state index contributed by atoms with van der Waals surface area (Å²) in [6, 6.07) is 8.70. The summed E-state index contributed by atoms with van der Waals surface area (Å²) < 4.78 is 5.47. The van der Waals surface area contributed by atoms with Crippen LogP contribution < -0.4 is 5.32 Å². The molecule has 2 N–H and O–H groups in total. The molecule has 1 aliphatic rings. The van der Waals surface area contributed by atoms with Gasteiger partial charge in [0.25, 0.3) is 11.6 Å². The van der Waals surface area contributed by atoms with E-state index in [4.69, 9.17) is 4.52 Å². The SMILES string of the molecule is CC[C@H](NC(=O)c1cc(C2CC2)nc2onc(C(C)C)c12)c1ccccc1O. The number of phenolic OH excluding ortho intramolecular Hbond substituents is 1. The van der Waals surface area contributed by atoms with Gasteiger partial charge in [0, 0.05) is 17.2 Å². The van der Waals surface area contributed by atoms with E-state index in [0.29, 0.717) is 34.6 Å². The van der Waals surface area contributed by atoms with Crippen LogP contribution in [0.15, 0.2) is 34.9 Å². The molecule has 6 nitrogen and oxygen atoms in total. The Hall–Kier alpha value is -2.89. The molecule has 1 fully saturated rings. The molecule has 1 aliphatic carbocycles. The van der Waals surface area contributed by atoms with E-state index in [9.17, 15) is 9.90 Å². The number of amides is 1. The fourth-order valence-corrected chi connectivity index (χ4v) is 3.57. The van der Waals surface area contributed by atoms with Crippen molar-refractivity contribution in [2.75, 3.05) is 0 Å². The summed E-state index contributed by atoms with van der Waals surface area (Å²) in [7, 11) is 0. The molecule has 2 heterocycles. The Morgan fingerprint density at radius 2 is 2.07 bits per heavy atom. The van der Waals surface area contributed by atoms with Crippen LogP contribution in [0.2, 0.25) is 0 Å². The van der Waals surface area contributed by atoms with Gasteiger partial charge in [-0.2, -0.15) is 0 Å². The predicted molar refractivity (Wildman–Crippen MR) is 106 cm³/mol. The first-order valence-corrected chi connectivity index (χ1v) is 9.88. The van der Waals surface area contributed by atoms with Crippen LogP contribution in [0.3, 0.4) is 0 Å². The number of fused-ring (bicyclic) bond motifs is 1. The zero-order valence-electron chi connectivity index (χ0n) is 16.4. The third-order valence-electron chi connectivity index (χ3n) is 5.31. The summed E-state index contributed by atoms with van der Waals surface area (Å²) >= 11 is 0. The van der Waals surface area contributed by atoms with Gasteiger partial charge in [-0.15, -0.1) is 0 Å². The van der Waals surface area contributed by atoms with Crippen molar-refractivity contribution in [1.29, 1.82) is 0 Å². The van der Waals surface area contributed by atoms with Crippen LogP contribution >= 0.6 is 0 Å². The van der Waals surface area contributed by atoms with E-state index >= 15 is 0 Å². The molecule has 0 spiro atoms. The molecule has 1 amide bonds. The van der Waals surface area contributed by atoms with Crippen LogP contribution in [0, 0.1) is 0 Å². The number of benzene rings is 1. The third kappa shape index (κ3) is 3.35. The topological polar surface area (TPSA) is 88.3 Å². The number of rotatable bonds is 6. The molecule has 28 heavy (non-hydrogen) atoms. The Bertz CT molecular complexity index is 1020. The van der Waals surface area contributed by atoms with Gasteiger partial charge in [0.1, 0.15) is 5.75 Å². The molecule has 0 radical (unpaired) electrons. The number of aromatic nitrogens is 2. The number of carbonyl (C=O) groups excluding carboxylic acids is 1. The summed E-state index contributed by atoms with van der Waals surface area (Å²) in [5, 5.41) is 18.1. The van der Waals surface area contributed by atoms with E-state index < -0.39 is 0 Å². The summed E-state index contributed by atoms with van der Waals surface area (Å²) in [6.07, 6.45) is 2.83. The van der Waals surface area contributed by atoms with Crippen LogP contribution in [0.25, 0.3) is 11.1 Å². The average Bonchev–Trinajstić information content (AvgIpc) is 3.44. The molecular weight excluding hydrogens is 354 g/mol. The standard InChI is InChI=1S/C22H25N3O3/c1-4-16(14-7-5-6-8-18(14)26)23-21(27)15-11-17(13-9-10-13)24-22-19(15)20(12(2)3)25-28-22/h5-8,11-13,16,26H,4,9-10H2,1-3H3,(H,23,27)/t16-/m0/s1. The third-order valence-corrected chi connectivity index (χ3v) is 5.31. The Balaban J connectivity index is 1.75. The number of hydrogen-bond acceptors (Lipinski definition) is 5. The number of aromatic hydroxyl groups is 1. The fraction of sp³-hybridized carbons (Fsp3) is 0.409. The van der Waals surface area contributed by atoms with Crippen LogP contribution in [0.4, 0.5) is 0 Å². The highest BCUT2D eigenvalue weighted by atomic mass is 16.5. The highest BCUT2D eigenvalue weighted by Crippen LogP contribution is 2.41. The van der Waals surface area contributed by atoms with Gasteiger partial charge in [-0.3, -0.25) is 4.79 Å². The van der Waals surface area contributed by atoms with Crippen molar-refractivity contribution in [2.24, 2.45) is 0 Å². The second kappa shape index (κ2) is 7.26. The fourth-order valence-electron chi connectivity index (χ4n) is 3.57. The summed E-state index contributed by atoms with van der Waals surface area (Å²) in [5.74, 6) is 0.487. The number of hydrogen-bond donors (Lipinski definition) is 2. The Kier molecular flexibility index (Phi) is 4.79. The lowest BCUT2D eigenvalue weighted by atomic mass is 9.99. The summed E-state index contributed by atoms with van der Waals surface area (Å²) in [6.45, 7) is 6.02. The molecule has 0 saturated heterocycles. The molecular formula is C22H25N3O3. The smallest absolute Gasteiger partial charge is 0.259 e. The number of nitrogens with zero attached hydrogens (tertiary/aromatic N) is 2. The quantitative estimate of drug-likeness (QED) is 0.642. The minimum atomic E-state index is -0.288. The van der Waals surface area contributed by atoms with E-state index in [1.165, 1.54) is 0 Å². The minimum Gasteiger partial charge on any atom is -0.508 e. The van der Waals surface area contributed by atoms with Crippen LogP contribution in [0.1, 0.15) is 85.2 Å². The van der Waals surface area contributed by atoms with Gasteiger partial charge >= 0.3 is 0 Å². The highest BCUT2D eigenvalue weighted by Gasteiger charge is 2.30. The lowest BCUT2D eigenvalue weighted by molar-refractivity contribution is 0.0936. The lowest BCUT2D eigenvalue weighted by Gasteiger charge is -2.19. The van der Waals surface area contributed by atoms with Gasteiger partial charge in [0.2, 0.25) is 0 Å². The van der Waals surface area contributed by atoms with Crippen molar-refractivity contribution in [1.82, 2.24) is 15.5 Å². The van der Waals surface area contributed by atoms with Crippen molar-refractivity contribution >= 4 is 17.0 Å². The number of carbonyl (C=O) groups is 1. The maximum atomic E-state index is 13.3. The van der Waals surface area contributed by atoms with Crippen LogP contribution in [0.5, 0.6) is 5.75 Å². The molecule has 6 heteroatoms. The number of phenols is 1. The molecule has 0 bridgehead atoms. The monoisotopic (exact) mass is 379 g/mol. The average molecular weight is 379 g/mol. The van der Waals surface area contributed by atoms with Gasteiger partial charge in [-0.1, -0.05) is 44.1 Å². The number of para-hydroxylation sites is 1. The summed E-state index contributed by atoms with van der Waals surface area (Å²) in [5.41, 5.74) is 3.31. The molecule has 0 aliphatic heterocycles. The zero-order chi connectivity index (χ0) is 19.8. The molecule has 1 atom stereocenters. The predicted octanol–water partition coefficient (Wildman–Crippen LogP) is 4.81. The Morgan fingerprint density at radius 3 is 2.71 bits per heavy atom. The van der Waals surface area contributed by atoms with Crippen molar-refractivity contribution in [2.45, 2.75) is 57.9 Å². The number of nitrogens with one attached hydrogen (secondary N) is 1. The molecule has 4 rings (SSSR count). The van der Waals surface area contributed by atoms with Crippen molar-refractivity contribution in [3.05, 3.63) is 52.8 Å². The van der Waals surface area contributed by atoms with Gasteiger partial charge in [-0.05, 0) is 37.3 Å². The van der Waals surface area contributed by atoms with Gasteiger partial charge in [0.05, 0.1) is 22.7 Å². The maximum absolute atomic E-state index is 13.3. The number of pyridine rings is 1. The first-order chi connectivity index (χ1) is 13.5. The molecule has 3 aromatic rings. The summed E-state index contributed by atoms with van der Waals surface area (Å²) in [4.78, 5) is 17.9. The first kappa shape index (κ1) is 18.5. The minimum absolute atomic E-state index is 0.113. The largest absolute Gasteiger partial charge is 0.508 e. The van der Waals surface area contributed by atoms with E-state index in [1.54, 1.807) is 12.1 Å². The molecule has 2 aromatic heterocycles. The van der Waals surface area contributed by atoms with E-state index in [2.05, 4.69) is 15.5 Å². The normalized spacial score (nSPS) is 15.1. The van der Waals surface area contributed by atoms with Gasteiger partial charge in [0.15, 0.2) is 0 Å². The Labute approximate surface area is 164 Å². The van der Waals surface area contributed by atoms with Crippen LogP contribution in [-0.2, 0) is 0 Å². The second-order valence-corrected chi connectivity index (χ2v) is 7.76. The zero-order valence-corrected chi connectivity index (χ0v) is 16.4. The van der Waals surface area contributed by atoms with Crippen LogP contribution in [-0.4, -0.2) is 21.2 Å². The second-order valence-electron chi connectivity index (χ2n) is 7.76. The molecule has 0 unspecified atom stereocenters. The van der Waals surface area contributed by atoms with E-state index in [1.807, 2.05) is 39.0 Å². The van der Waals surface area contributed by atoms with Crippen molar-refractivity contribution in [3.8, 4) is 5.75 Å². The van der Waals surface area contributed by atoms with E-state index in [-0.39, 0.29) is 23.6 Å². The molecule has 146 valence electrons. The lowest BCUT2D eigenvalue weighted by Crippen LogP contribution is -2.28. The first-order valence-electron chi connectivity index (χ1n) is 9.88. The highest BCUT2D eigenvalue weighted by molar-refractivity contribution is 6.06. The van der Waals surface area contributed by atoms with Crippen molar-refractivity contribution < 1.29 is 14.4 Å². The van der Waals surface area contributed by atoms with Gasteiger partial charge < -0.3 is 14.9 Å². The maximum Gasteiger partial charge on any atom is 0.259 e.